The van der Waals surface area contributed by atoms with Gasteiger partial charge < -0.3 is 5.11 Å². The Bertz CT molecular complexity index is 406. The van der Waals surface area contributed by atoms with Gasteiger partial charge in [-0.3, -0.25) is 0 Å². The van der Waals surface area contributed by atoms with Crippen molar-refractivity contribution in [1.29, 1.82) is 0 Å². The molecule has 1 atom stereocenters. The van der Waals surface area contributed by atoms with Crippen LogP contribution in [-0.2, 0) is 0 Å². The Hall–Kier alpha value is -0.840. The number of aliphatic hydroxyl groups excluding tert-OH is 1. The molecule has 15 heavy (non-hydrogen) atoms. The summed E-state index contributed by atoms with van der Waals surface area (Å²) in [5, 5.41) is 11.0. The van der Waals surface area contributed by atoms with E-state index in [4.69, 9.17) is 5.11 Å². The van der Waals surface area contributed by atoms with Gasteiger partial charge in [-0.2, -0.15) is 0 Å². The van der Waals surface area contributed by atoms with Crippen molar-refractivity contribution in [3.63, 3.8) is 0 Å². The first-order valence-corrected chi connectivity index (χ1v) is 5.57. The summed E-state index contributed by atoms with van der Waals surface area (Å²) in [6.07, 6.45) is 0. The Balaban J connectivity index is 2.34. The van der Waals surface area contributed by atoms with Crippen molar-refractivity contribution >= 4 is 11.9 Å². The Kier molecular flexibility index (Phi) is 3.09. The minimum atomic E-state index is -0.226. The molecular formula is C11H12FNOS. The predicted octanol–water partition coefficient (Wildman–Crippen LogP) is 2.30. The van der Waals surface area contributed by atoms with Gasteiger partial charge >= 0.3 is 0 Å². The van der Waals surface area contributed by atoms with Gasteiger partial charge in [-0.1, -0.05) is 18.0 Å². The molecular weight excluding hydrogens is 213 g/mol. The maximum absolute atomic E-state index is 12.9. The van der Waals surface area contributed by atoms with E-state index in [2.05, 4.69) is 4.72 Å². The Labute approximate surface area is 92.3 Å². The van der Waals surface area contributed by atoms with E-state index < -0.39 is 0 Å². The van der Waals surface area contributed by atoms with Crippen LogP contribution < -0.4 is 4.72 Å². The molecule has 0 radical (unpaired) electrons. The summed E-state index contributed by atoms with van der Waals surface area (Å²) in [6.45, 7) is 1.90. The third-order valence-corrected chi connectivity index (χ3v) is 3.28. The summed E-state index contributed by atoms with van der Waals surface area (Å²) in [4.78, 5) is 0. The number of nitrogens with one attached hydrogen (secondary N) is 1. The minimum absolute atomic E-state index is 0.000556. The van der Waals surface area contributed by atoms with Gasteiger partial charge in [-0.05, 0) is 41.2 Å². The molecule has 0 bridgehead atoms. The van der Waals surface area contributed by atoms with Crippen molar-refractivity contribution in [2.24, 2.45) is 0 Å². The summed E-state index contributed by atoms with van der Waals surface area (Å²) >= 11 is 1.46. The van der Waals surface area contributed by atoms with Gasteiger partial charge in [-0.15, -0.1) is 0 Å². The second-order valence-electron chi connectivity index (χ2n) is 3.52. The minimum Gasteiger partial charge on any atom is -0.392 e. The maximum atomic E-state index is 12.9. The third-order valence-electron chi connectivity index (χ3n) is 2.49. The number of hydrogen-bond acceptors (Lipinski definition) is 3. The molecule has 0 saturated carbocycles. The average molecular weight is 225 g/mol. The molecule has 1 unspecified atom stereocenters. The quantitative estimate of drug-likeness (QED) is 0.757. The van der Waals surface area contributed by atoms with Crippen LogP contribution >= 0.6 is 11.9 Å². The SMILES string of the molecule is Cc1cc(F)ccc1C1NSC=C1CO. The van der Waals surface area contributed by atoms with E-state index in [9.17, 15) is 4.39 Å². The topological polar surface area (TPSA) is 32.3 Å². The monoisotopic (exact) mass is 225 g/mol. The highest BCUT2D eigenvalue weighted by Crippen LogP contribution is 2.32. The molecule has 0 saturated heterocycles. The van der Waals surface area contributed by atoms with Crippen molar-refractivity contribution < 1.29 is 9.50 Å². The van der Waals surface area contributed by atoms with Crippen LogP contribution in [0.3, 0.4) is 0 Å². The number of benzene rings is 1. The number of aryl methyl sites for hydroxylation is 1. The number of aliphatic hydroxyl groups is 1. The van der Waals surface area contributed by atoms with Crippen LogP contribution in [0, 0.1) is 12.7 Å². The molecule has 0 amide bonds. The summed E-state index contributed by atoms with van der Waals surface area (Å²) in [7, 11) is 0. The molecule has 4 heteroatoms. The van der Waals surface area contributed by atoms with E-state index in [1.54, 1.807) is 6.07 Å². The molecule has 0 aliphatic carbocycles. The Morgan fingerprint density at radius 2 is 2.33 bits per heavy atom. The van der Waals surface area contributed by atoms with Crippen LogP contribution in [0.15, 0.2) is 29.2 Å². The maximum Gasteiger partial charge on any atom is 0.123 e. The van der Waals surface area contributed by atoms with Crippen molar-refractivity contribution in [3.05, 3.63) is 46.1 Å². The first-order valence-electron chi connectivity index (χ1n) is 4.69. The number of hydrogen-bond donors (Lipinski definition) is 2. The van der Waals surface area contributed by atoms with Gasteiger partial charge in [-0.25, -0.2) is 9.11 Å². The van der Waals surface area contributed by atoms with E-state index >= 15 is 0 Å². The lowest BCUT2D eigenvalue weighted by molar-refractivity contribution is 0.322. The van der Waals surface area contributed by atoms with Crippen LogP contribution in [0.5, 0.6) is 0 Å². The molecule has 1 aromatic carbocycles. The van der Waals surface area contributed by atoms with Gasteiger partial charge in [0.05, 0.1) is 12.6 Å². The molecule has 2 rings (SSSR count). The van der Waals surface area contributed by atoms with E-state index in [0.717, 1.165) is 16.7 Å². The lowest BCUT2D eigenvalue weighted by atomic mass is 9.97. The first kappa shape index (κ1) is 10.7. The van der Waals surface area contributed by atoms with Crippen molar-refractivity contribution in [3.8, 4) is 0 Å². The zero-order valence-corrected chi connectivity index (χ0v) is 9.14. The van der Waals surface area contributed by atoms with Crippen LogP contribution in [0.1, 0.15) is 17.2 Å². The summed E-state index contributed by atoms with van der Waals surface area (Å²) in [5.74, 6) is -0.226. The molecule has 1 heterocycles. The van der Waals surface area contributed by atoms with E-state index in [0.29, 0.717) is 0 Å². The fourth-order valence-corrected chi connectivity index (χ4v) is 2.52. The second kappa shape index (κ2) is 4.35. The Morgan fingerprint density at radius 1 is 1.53 bits per heavy atom. The zero-order valence-electron chi connectivity index (χ0n) is 8.33. The predicted molar refractivity (Wildman–Crippen MR) is 59.8 cm³/mol. The normalized spacial score (nSPS) is 20.5. The highest BCUT2D eigenvalue weighted by Gasteiger charge is 2.22. The molecule has 0 spiro atoms. The fourth-order valence-electron chi connectivity index (χ4n) is 1.68. The third kappa shape index (κ3) is 2.07. The van der Waals surface area contributed by atoms with Gasteiger partial charge in [0.25, 0.3) is 0 Å². The standard InChI is InChI=1S/C11H12FNOS/c1-7-4-9(12)2-3-10(7)11-8(5-14)6-15-13-11/h2-4,6,11,13-14H,5H2,1H3. The molecule has 1 aromatic rings. The van der Waals surface area contributed by atoms with Gasteiger partial charge in [0.15, 0.2) is 0 Å². The first-order chi connectivity index (χ1) is 7.22. The largest absolute Gasteiger partial charge is 0.392 e. The smallest absolute Gasteiger partial charge is 0.123 e. The van der Waals surface area contributed by atoms with Gasteiger partial charge in [0.2, 0.25) is 0 Å². The van der Waals surface area contributed by atoms with Crippen molar-refractivity contribution in [2.75, 3.05) is 6.61 Å². The molecule has 0 fully saturated rings. The second-order valence-corrected chi connectivity index (χ2v) is 4.23. The average Bonchev–Trinajstić information content (AvgIpc) is 2.65. The van der Waals surface area contributed by atoms with Crippen LogP contribution in [0.2, 0.25) is 0 Å². The molecule has 1 aliphatic heterocycles. The lowest BCUT2D eigenvalue weighted by Crippen LogP contribution is -2.14. The fraction of sp³-hybridized carbons (Fsp3) is 0.273. The summed E-state index contributed by atoms with van der Waals surface area (Å²) in [5.41, 5.74) is 2.84. The van der Waals surface area contributed by atoms with Crippen LogP contribution in [-0.4, -0.2) is 11.7 Å². The van der Waals surface area contributed by atoms with E-state index in [-0.39, 0.29) is 18.5 Å². The van der Waals surface area contributed by atoms with Crippen molar-refractivity contribution in [2.45, 2.75) is 13.0 Å². The van der Waals surface area contributed by atoms with Crippen LogP contribution in [0.25, 0.3) is 0 Å². The number of halogens is 1. The summed E-state index contributed by atoms with van der Waals surface area (Å²) in [6, 6.07) is 4.72. The highest BCUT2D eigenvalue weighted by atomic mass is 32.2. The highest BCUT2D eigenvalue weighted by molar-refractivity contribution is 8.00. The summed E-state index contributed by atoms with van der Waals surface area (Å²) < 4.78 is 16.1. The van der Waals surface area contributed by atoms with E-state index in [1.807, 2.05) is 12.3 Å². The number of rotatable bonds is 2. The molecule has 2 nitrogen and oxygen atoms in total. The van der Waals surface area contributed by atoms with E-state index in [1.165, 1.54) is 24.1 Å². The van der Waals surface area contributed by atoms with Gasteiger partial charge in [0, 0.05) is 0 Å². The lowest BCUT2D eigenvalue weighted by Gasteiger charge is -2.16. The Morgan fingerprint density at radius 3 is 3.00 bits per heavy atom. The molecule has 0 aromatic heterocycles. The molecule has 2 N–H and O–H groups in total. The molecule has 1 aliphatic rings. The van der Waals surface area contributed by atoms with Crippen LogP contribution in [0.4, 0.5) is 4.39 Å². The van der Waals surface area contributed by atoms with Crippen molar-refractivity contribution in [1.82, 2.24) is 4.72 Å². The van der Waals surface area contributed by atoms with Gasteiger partial charge in [0.1, 0.15) is 5.82 Å². The zero-order chi connectivity index (χ0) is 10.8. The molecule has 80 valence electrons.